The van der Waals surface area contributed by atoms with Gasteiger partial charge in [0.2, 0.25) is 0 Å². The van der Waals surface area contributed by atoms with Gasteiger partial charge in [-0.3, -0.25) is 0 Å². The van der Waals surface area contributed by atoms with E-state index in [4.69, 9.17) is 9.15 Å². The molecule has 1 unspecified atom stereocenters. The van der Waals surface area contributed by atoms with Crippen LogP contribution in [0.1, 0.15) is 31.9 Å². The zero-order chi connectivity index (χ0) is 15.5. The highest BCUT2D eigenvalue weighted by molar-refractivity contribution is 9.10. The van der Waals surface area contributed by atoms with Crippen molar-refractivity contribution in [2.45, 2.75) is 26.4 Å². The fourth-order valence-corrected chi connectivity index (χ4v) is 2.92. The molecule has 0 fully saturated rings. The first-order valence-corrected chi connectivity index (χ1v) is 8.41. The summed E-state index contributed by atoms with van der Waals surface area (Å²) in [6.07, 6.45) is 1.09. The van der Waals surface area contributed by atoms with Crippen LogP contribution in [0.4, 0.5) is 0 Å². The topological polar surface area (TPSA) is 22.4 Å². The van der Waals surface area contributed by atoms with Gasteiger partial charge in [-0.25, -0.2) is 0 Å². The quantitative estimate of drug-likeness (QED) is 0.530. The summed E-state index contributed by atoms with van der Waals surface area (Å²) >= 11 is 3.46. The summed E-state index contributed by atoms with van der Waals surface area (Å²) in [7, 11) is 0. The molecule has 0 aliphatic carbocycles. The van der Waals surface area contributed by atoms with Crippen molar-refractivity contribution in [3.63, 3.8) is 0 Å². The lowest BCUT2D eigenvalue weighted by atomic mass is 10.1. The Balaban J connectivity index is 1.97. The van der Waals surface area contributed by atoms with Crippen LogP contribution in [-0.2, 0) is 4.74 Å². The van der Waals surface area contributed by atoms with E-state index in [-0.39, 0.29) is 6.10 Å². The molecule has 2 nitrogen and oxygen atoms in total. The van der Waals surface area contributed by atoms with Crippen molar-refractivity contribution < 1.29 is 9.15 Å². The number of furan rings is 1. The first-order valence-electron chi connectivity index (χ1n) is 7.62. The van der Waals surface area contributed by atoms with Crippen molar-refractivity contribution in [1.82, 2.24) is 0 Å². The molecular formula is C19H19BrO2. The minimum Gasteiger partial charge on any atom is -0.456 e. The van der Waals surface area contributed by atoms with Crippen molar-refractivity contribution in [2.75, 3.05) is 6.61 Å². The van der Waals surface area contributed by atoms with Crippen LogP contribution < -0.4 is 0 Å². The molecule has 3 heteroatoms. The maximum atomic E-state index is 6.04. The first-order chi connectivity index (χ1) is 10.7. The molecule has 2 aromatic carbocycles. The van der Waals surface area contributed by atoms with Gasteiger partial charge in [-0.2, -0.15) is 0 Å². The normalized spacial score (nSPS) is 12.7. The number of hydrogen-bond donors (Lipinski definition) is 0. The third-order valence-electron chi connectivity index (χ3n) is 3.78. The van der Waals surface area contributed by atoms with E-state index in [0.717, 1.165) is 39.8 Å². The molecule has 0 spiro atoms. The summed E-state index contributed by atoms with van der Waals surface area (Å²) < 4.78 is 12.9. The second kappa shape index (κ2) is 6.67. The minimum absolute atomic E-state index is 0.135. The average molecular weight is 359 g/mol. The van der Waals surface area contributed by atoms with Gasteiger partial charge in [-0.1, -0.05) is 47.1 Å². The Morgan fingerprint density at radius 2 is 1.82 bits per heavy atom. The summed E-state index contributed by atoms with van der Waals surface area (Å²) in [6.45, 7) is 4.89. The van der Waals surface area contributed by atoms with E-state index in [1.807, 2.05) is 19.1 Å². The van der Waals surface area contributed by atoms with Gasteiger partial charge < -0.3 is 9.15 Å². The Morgan fingerprint density at radius 3 is 2.50 bits per heavy atom. The highest BCUT2D eigenvalue weighted by Crippen LogP contribution is 2.31. The Morgan fingerprint density at radius 1 is 1.05 bits per heavy atom. The van der Waals surface area contributed by atoms with E-state index in [0.29, 0.717) is 0 Å². The molecular weight excluding hydrogens is 340 g/mol. The third-order valence-corrected chi connectivity index (χ3v) is 4.31. The smallest absolute Gasteiger partial charge is 0.135 e. The van der Waals surface area contributed by atoms with Crippen LogP contribution in [0.15, 0.2) is 57.4 Å². The number of benzene rings is 2. The van der Waals surface area contributed by atoms with Gasteiger partial charge in [0.15, 0.2) is 0 Å². The van der Waals surface area contributed by atoms with Gasteiger partial charge in [0.05, 0.1) is 6.10 Å². The largest absolute Gasteiger partial charge is 0.456 e. The van der Waals surface area contributed by atoms with E-state index in [2.05, 4.69) is 59.3 Å². The molecule has 0 N–H and O–H groups in total. The van der Waals surface area contributed by atoms with Crippen molar-refractivity contribution in [3.05, 3.63) is 58.6 Å². The molecule has 1 atom stereocenters. The highest BCUT2D eigenvalue weighted by atomic mass is 79.9. The number of fused-ring (bicyclic) bond motifs is 1. The van der Waals surface area contributed by atoms with Gasteiger partial charge in [-0.05, 0) is 43.2 Å². The maximum absolute atomic E-state index is 6.04. The number of halogens is 1. The molecule has 0 saturated carbocycles. The molecule has 1 aromatic heterocycles. The molecule has 22 heavy (non-hydrogen) atoms. The summed E-state index contributed by atoms with van der Waals surface area (Å²) in [5.41, 5.74) is 3.17. The van der Waals surface area contributed by atoms with Gasteiger partial charge in [0, 0.05) is 22.0 Å². The standard InChI is InChI=1S/C19H19BrO2/c1-3-17(21-4-2)14-5-6-15-12-18(22-19(15)11-14)13-7-9-16(20)10-8-13/h5-12,17H,3-4H2,1-2H3. The van der Waals surface area contributed by atoms with Crippen LogP contribution in [0.3, 0.4) is 0 Å². The third kappa shape index (κ3) is 3.11. The van der Waals surface area contributed by atoms with Gasteiger partial charge >= 0.3 is 0 Å². The zero-order valence-corrected chi connectivity index (χ0v) is 14.4. The molecule has 0 radical (unpaired) electrons. The molecule has 3 aromatic rings. The van der Waals surface area contributed by atoms with Gasteiger partial charge in [0.25, 0.3) is 0 Å². The van der Waals surface area contributed by atoms with Crippen molar-refractivity contribution in [1.29, 1.82) is 0 Å². The second-order valence-electron chi connectivity index (χ2n) is 5.27. The number of hydrogen-bond acceptors (Lipinski definition) is 2. The molecule has 0 amide bonds. The van der Waals surface area contributed by atoms with Crippen molar-refractivity contribution >= 4 is 26.9 Å². The molecule has 0 aliphatic heterocycles. The average Bonchev–Trinajstić information content (AvgIpc) is 2.96. The first kappa shape index (κ1) is 15.3. The lowest BCUT2D eigenvalue weighted by molar-refractivity contribution is 0.0599. The molecule has 0 aliphatic rings. The van der Waals surface area contributed by atoms with Gasteiger partial charge in [-0.15, -0.1) is 0 Å². The molecule has 114 valence electrons. The summed E-state index contributed by atoms with van der Waals surface area (Å²) in [5.74, 6) is 0.893. The second-order valence-corrected chi connectivity index (χ2v) is 6.18. The van der Waals surface area contributed by atoms with E-state index >= 15 is 0 Å². The Labute approximate surface area is 139 Å². The van der Waals surface area contributed by atoms with E-state index in [9.17, 15) is 0 Å². The van der Waals surface area contributed by atoms with Crippen LogP contribution in [0.2, 0.25) is 0 Å². The summed E-state index contributed by atoms with van der Waals surface area (Å²) in [6, 6.07) is 16.6. The SMILES string of the molecule is CCOC(CC)c1ccc2cc(-c3ccc(Br)cc3)oc2c1. The van der Waals surface area contributed by atoms with Crippen LogP contribution in [0.25, 0.3) is 22.3 Å². The molecule has 0 saturated heterocycles. The van der Waals surface area contributed by atoms with Gasteiger partial charge in [0.1, 0.15) is 11.3 Å². The summed E-state index contributed by atoms with van der Waals surface area (Å²) in [5, 5.41) is 1.12. The predicted molar refractivity (Wildman–Crippen MR) is 94.0 cm³/mol. The Bertz CT molecular complexity index is 759. The Hall–Kier alpha value is -1.58. The Kier molecular flexibility index (Phi) is 4.65. The predicted octanol–water partition coefficient (Wildman–Crippen LogP) is 6.35. The number of ether oxygens (including phenoxy) is 1. The van der Waals surface area contributed by atoms with E-state index in [1.165, 1.54) is 5.56 Å². The molecule has 0 bridgehead atoms. The van der Waals surface area contributed by atoms with Crippen molar-refractivity contribution in [2.24, 2.45) is 0 Å². The molecule has 3 rings (SSSR count). The highest BCUT2D eigenvalue weighted by Gasteiger charge is 2.12. The minimum atomic E-state index is 0.135. The number of rotatable bonds is 5. The fraction of sp³-hybridized carbons (Fsp3) is 0.263. The van der Waals surface area contributed by atoms with E-state index in [1.54, 1.807) is 0 Å². The van der Waals surface area contributed by atoms with Crippen LogP contribution in [0.5, 0.6) is 0 Å². The lowest BCUT2D eigenvalue weighted by Gasteiger charge is -2.14. The van der Waals surface area contributed by atoms with E-state index < -0.39 is 0 Å². The van der Waals surface area contributed by atoms with Crippen LogP contribution >= 0.6 is 15.9 Å². The zero-order valence-electron chi connectivity index (χ0n) is 12.8. The maximum Gasteiger partial charge on any atom is 0.135 e. The fourth-order valence-electron chi connectivity index (χ4n) is 2.66. The summed E-state index contributed by atoms with van der Waals surface area (Å²) in [4.78, 5) is 0. The van der Waals surface area contributed by atoms with Crippen LogP contribution in [0, 0.1) is 0 Å². The monoisotopic (exact) mass is 358 g/mol. The lowest BCUT2D eigenvalue weighted by Crippen LogP contribution is -2.02. The van der Waals surface area contributed by atoms with Crippen molar-refractivity contribution in [3.8, 4) is 11.3 Å². The van der Waals surface area contributed by atoms with Crippen LogP contribution in [-0.4, -0.2) is 6.61 Å². The molecule has 1 heterocycles.